The number of halogens is 4. The maximum absolute atomic E-state index is 6.01. The van der Waals surface area contributed by atoms with E-state index >= 15 is 0 Å². The molecule has 28 heavy (non-hydrogen) atoms. The van der Waals surface area contributed by atoms with E-state index in [-0.39, 0.29) is 0 Å². The zero-order valence-electron chi connectivity index (χ0n) is 14.9. The first-order valence-corrected chi connectivity index (χ1v) is 10.6. The van der Waals surface area contributed by atoms with Crippen molar-refractivity contribution in [2.24, 2.45) is 0 Å². The summed E-state index contributed by atoms with van der Waals surface area (Å²) in [6.07, 6.45) is 0.836. The Balaban J connectivity index is 1.70. The van der Waals surface area contributed by atoms with Crippen molar-refractivity contribution in [2.45, 2.75) is 6.42 Å². The highest BCUT2D eigenvalue weighted by Crippen LogP contribution is 2.25. The number of rotatable bonds is 6. The number of hydrogen-bond donors (Lipinski definition) is 3. The molecule has 0 bridgehead atoms. The first-order chi connectivity index (χ1) is 13.3. The maximum atomic E-state index is 6.01. The van der Waals surface area contributed by atoms with Gasteiger partial charge in [0.25, 0.3) is 0 Å². The fraction of sp³-hybridized carbons (Fsp3) is 0.222. The molecule has 0 saturated carbocycles. The van der Waals surface area contributed by atoms with Gasteiger partial charge >= 0.3 is 0 Å². The van der Waals surface area contributed by atoms with Gasteiger partial charge < -0.3 is 20.9 Å². The average Bonchev–Trinajstić information content (AvgIpc) is 2.64. The second-order valence-corrected chi connectivity index (χ2v) is 8.27. The lowest BCUT2D eigenvalue weighted by atomic mass is 10.3. The van der Waals surface area contributed by atoms with Crippen molar-refractivity contribution in [3.63, 3.8) is 0 Å². The lowest BCUT2D eigenvalue weighted by Crippen LogP contribution is -2.35. The molecule has 0 atom stereocenters. The lowest BCUT2D eigenvalue weighted by Gasteiger charge is -2.21. The van der Waals surface area contributed by atoms with Crippen molar-refractivity contribution in [1.29, 1.82) is 0 Å². The molecule has 2 rings (SSSR count). The van der Waals surface area contributed by atoms with E-state index in [9.17, 15) is 0 Å². The summed E-state index contributed by atoms with van der Waals surface area (Å²) in [6, 6.07) is 10.5. The molecule has 0 aliphatic rings. The smallest absolute Gasteiger partial charge is 0.173 e. The molecule has 0 fully saturated rings. The fourth-order valence-electron chi connectivity index (χ4n) is 2.16. The zero-order valence-corrected chi connectivity index (χ0v) is 19.5. The van der Waals surface area contributed by atoms with Gasteiger partial charge in [-0.2, -0.15) is 0 Å². The van der Waals surface area contributed by atoms with Gasteiger partial charge in [-0.25, -0.2) is 0 Å². The summed E-state index contributed by atoms with van der Waals surface area (Å²) in [5.41, 5.74) is 1.56. The first kappa shape index (κ1) is 23.3. The van der Waals surface area contributed by atoms with Gasteiger partial charge in [-0.3, -0.25) is 0 Å². The standard InChI is InChI=1S/C18H18Cl4N4S2/c1-26(18(28)25-12-4-6-14(20)16(22)10-12)8-2-7-23-17(27)24-11-3-5-13(19)15(21)9-11/h3-6,9-10H,2,7-8H2,1H3,(H,25,28)(H2,23,24,27). The predicted molar refractivity (Wildman–Crippen MR) is 131 cm³/mol. The van der Waals surface area contributed by atoms with E-state index < -0.39 is 0 Å². The third-order valence-electron chi connectivity index (χ3n) is 3.65. The van der Waals surface area contributed by atoms with Crippen LogP contribution in [0.5, 0.6) is 0 Å². The Kier molecular flexibility index (Phi) is 9.34. The van der Waals surface area contributed by atoms with Crippen LogP contribution < -0.4 is 16.0 Å². The minimum atomic E-state index is 0.471. The Bertz CT molecular complexity index is 863. The van der Waals surface area contributed by atoms with Crippen LogP contribution >= 0.6 is 70.8 Å². The van der Waals surface area contributed by atoms with Gasteiger partial charge in [0.15, 0.2) is 10.2 Å². The van der Waals surface area contributed by atoms with Crippen molar-refractivity contribution < 1.29 is 0 Å². The van der Waals surface area contributed by atoms with E-state index in [1.165, 1.54) is 0 Å². The predicted octanol–water partition coefficient (Wildman–Crippen LogP) is 6.31. The third-order valence-corrected chi connectivity index (χ3v) is 5.79. The van der Waals surface area contributed by atoms with E-state index in [0.29, 0.717) is 36.9 Å². The molecular weight excluding hydrogens is 478 g/mol. The Morgan fingerprint density at radius 2 is 1.39 bits per heavy atom. The summed E-state index contributed by atoms with van der Waals surface area (Å²) in [5, 5.41) is 12.4. The van der Waals surface area contributed by atoms with Crippen molar-refractivity contribution >= 4 is 92.4 Å². The van der Waals surface area contributed by atoms with Gasteiger partial charge in [-0.1, -0.05) is 46.4 Å². The van der Waals surface area contributed by atoms with Gasteiger partial charge in [-0.05, 0) is 67.3 Å². The second kappa shape index (κ2) is 11.2. The fourth-order valence-corrected chi connectivity index (χ4v) is 3.19. The quantitative estimate of drug-likeness (QED) is 0.322. The lowest BCUT2D eigenvalue weighted by molar-refractivity contribution is 0.493. The van der Waals surface area contributed by atoms with Gasteiger partial charge in [-0.15, -0.1) is 0 Å². The summed E-state index contributed by atoms with van der Waals surface area (Å²) >= 11 is 34.5. The SMILES string of the molecule is CN(CCCNC(=S)Nc1ccc(Cl)c(Cl)c1)C(=S)Nc1ccc(Cl)c(Cl)c1. The molecule has 0 spiro atoms. The molecule has 4 nitrogen and oxygen atoms in total. The van der Waals surface area contributed by atoms with E-state index in [4.69, 9.17) is 70.8 Å². The van der Waals surface area contributed by atoms with Gasteiger partial charge in [0, 0.05) is 31.5 Å². The number of thiocarbonyl (C=S) groups is 2. The summed E-state index contributed by atoms with van der Waals surface area (Å²) in [4.78, 5) is 1.94. The Labute approximate surface area is 195 Å². The highest BCUT2D eigenvalue weighted by atomic mass is 35.5. The molecule has 10 heteroatoms. The average molecular weight is 496 g/mol. The molecule has 0 radical (unpaired) electrons. The molecule has 0 aromatic heterocycles. The van der Waals surface area contributed by atoms with Crippen LogP contribution in [0.3, 0.4) is 0 Å². The topological polar surface area (TPSA) is 39.3 Å². The van der Waals surface area contributed by atoms with Crippen molar-refractivity contribution in [2.75, 3.05) is 30.8 Å². The largest absolute Gasteiger partial charge is 0.362 e. The Morgan fingerprint density at radius 1 is 0.857 bits per heavy atom. The first-order valence-electron chi connectivity index (χ1n) is 8.23. The highest BCUT2D eigenvalue weighted by molar-refractivity contribution is 7.80. The molecule has 2 aromatic rings. The van der Waals surface area contributed by atoms with Gasteiger partial charge in [0.05, 0.1) is 20.1 Å². The zero-order chi connectivity index (χ0) is 20.7. The van der Waals surface area contributed by atoms with E-state index in [1.807, 2.05) is 24.1 Å². The van der Waals surface area contributed by atoms with Crippen LogP contribution in [0.1, 0.15) is 6.42 Å². The third kappa shape index (κ3) is 7.43. The van der Waals surface area contributed by atoms with Crippen LogP contribution in [-0.2, 0) is 0 Å². The monoisotopic (exact) mass is 494 g/mol. The van der Waals surface area contributed by atoms with Crippen LogP contribution in [0.2, 0.25) is 20.1 Å². The summed E-state index contributed by atoms with van der Waals surface area (Å²) in [6.45, 7) is 1.43. The molecule has 0 heterocycles. The van der Waals surface area contributed by atoms with E-state index in [0.717, 1.165) is 24.3 Å². The molecule has 0 amide bonds. The number of anilines is 2. The summed E-state index contributed by atoms with van der Waals surface area (Å²) < 4.78 is 0. The van der Waals surface area contributed by atoms with Crippen LogP contribution in [0.15, 0.2) is 36.4 Å². The molecule has 0 saturated heterocycles. The van der Waals surface area contributed by atoms with Crippen molar-refractivity contribution in [1.82, 2.24) is 10.2 Å². The minimum Gasteiger partial charge on any atom is -0.362 e. The van der Waals surface area contributed by atoms with E-state index in [1.54, 1.807) is 24.3 Å². The normalized spacial score (nSPS) is 10.3. The molecule has 0 aliphatic carbocycles. The second-order valence-electron chi connectivity index (χ2n) is 5.84. The van der Waals surface area contributed by atoms with Crippen LogP contribution in [-0.4, -0.2) is 35.3 Å². The number of benzene rings is 2. The highest BCUT2D eigenvalue weighted by Gasteiger charge is 2.07. The molecular formula is C18H18Cl4N4S2. The number of nitrogens with one attached hydrogen (secondary N) is 3. The van der Waals surface area contributed by atoms with Crippen molar-refractivity contribution in [3.8, 4) is 0 Å². The molecule has 0 unspecified atom stereocenters. The Morgan fingerprint density at radius 3 is 1.93 bits per heavy atom. The minimum absolute atomic E-state index is 0.471. The maximum Gasteiger partial charge on any atom is 0.173 e. The molecule has 150 valence electrons. The number of hydrogen-bond acceptors (Lipinski definition) is 2. The van der Waals surface area contributed by atoms with Crippen LogP contribution in [0, 0.1) is 0 Å². The van der Waals surface area contributed by atoms with Gasteiger partial charge in [0.1, 0.15) is 0 Å². The molecule has 0 aliphatic heterocycles. The van der Waals surface area contributed by atoms with Gasteiger partial charge in [0.2, 0.25) is 0 Å². The van der Waals surface area contributed by atoms with Crippen LogP contribution in [0.4, 0.5) is 11.4 Å². The molecule has 3 N–H and O–H groups in total. The number of nitrogens with zero attached hydrogens (tertiary/aromatic N) is 1. The summed E-state index contributed by atoms with van der Waals surface area (Å²) in [5.74, 6) is 0. The Hall–Kier alpha value is -1.02. The molecule has 2 aromatic carbocycles. The van der Waals surface area contributed by atoms with E-state index in [2.05, 4.69) is 16.0 Å². The van der Waals surface area contributed by atoms with Crippen LogP contribution in [0.25, 0.3) is 0 Å². The summed E-state index contributed by atoms with van der Waals surface area (Å²) in [7, 11) is 1.92. The van der Waals surface area contributed by atoms with Crippen molar-refractivity contribution in [3.05, 3.63) is 56.5 Å².